The number of benzene rings is 2. The fourth-order valence-electron chi connectivity index (χ4n) is 8.26. The first-order chi connectivity index (χ1) is 19.0. The number of rotatable bonds is 5. The average molecular weight is 545 g/mol. The van der Waals surface area contributed by atoms with E-state index in [1.165, 1.54) is 36.8 Å². The molecule has 0 aliphatic carbocycles. The van der Waals surface area contributed by atoms with E-state index < -0.39 is 10.8 Å². The van der Waals surface area contributed by atoms with Crippen LogP contribution in [0.15, 0.2) is 54.6 Å². The molecule has 7 heteroatoms. The number of para-hydroxylation sites is 2. The fourth-order valence-corrected chi connectivity index (χ4v) is 9.56. The average Bonchev–Trinajstić information content (AvgIpc) is 3.59. The van der Waals surface area contributed by atoms with Gasteiger partial charge < -0.3 is 9.47 Å². The summed E-state index contributed by atoms with van der Waals surface area (Å²) in [4.78, 5) is 23.4. The number of aromatic nitrogens is 2. The molecule has 0 radical (unpaired) electrons. The molecular formula is C32H40N4O2S. The number of imidazole rings is 1. The highest BCUT2D eigenvalue weighted by atomic mass is 32.2. The molecule has 206 valence electrons. The van der Waals surface area contributed by atoms with Crippen LogP contribution in [-0.4, -0.2) is 72.7 Å². The van der Waals surface area contributed by atoms with E-state index in [1.54, 1.807) is 0 Å². The highest BCUT2D eigenvalue weighted by molar-refractivity contribution is 7.85. The monoisotopic (exact) mass is 544 g/mol. The number of hydrogen-bond acceptors (Lipinski definition) is 4. The zero-order chi connectivity index (χ0) is 26.5. The van der Waals surface area contributed by atoms with Crippen molar-refractivity contribution in [2.24, 2.45) is 11.8 Å². The van der Waals surface area contributed by atoms with Crippen LogP contribution in [0.1, 0.15) is 61.9 Å². The Hall–Kier alpha value is -2.51. The molecule has 39 heavy (non-hydrogen) atoms. The van der Waals surface area contributed by atoms with Crippen LogP contribution in [-0.2, 0) is 15.6 Å². The molecule has 1 aromatic heterocycles. The van der Waals surface area contributed by atoms with Crippen molar-refractivity contribution in [3.63, 3.8) is 0 Å². The van der Waals surface area contributed by atoms with Gasteiger partial charge in [-0.25, -0.2) is 4.98 Å². The van der Waals surface area contributed by atoms with Gasteiger partial charge in [-0.2, -0.15) is 0 Å². The van der Waals surface area contributed by atoms with Crippen LogP contribution in [0.3, 0.4) is 0 Å². The Morgan fingerprint density at radius 2 is 1.59 bits per heavy atom. The van der Waals surface area contributed by atoms with Crippen molar-refractivity contribution in [2.75, 3.05) is 31.1 Å². The third-order valence-electron chi connectivity index (χ3n) is 10.2. The first kappa shape index (κ1) is 25.5. The summed E-state index contributed by atoms with van der Waals surface area (Å²) in [6.45, 7) is 4.90. The second-order valence-corrected chi connectivity index (χ2v) is 14.1. The van der Waals surface area contributed by atoms with Gasteiger partial charge in [0.1, 0.15) is 5.82 Å². The zero-order valence-electron chi connectivity index (χ0n) is 23.0. The van der Waals surface area contributed by atoms with E-state index >= 15 is 0 Å². The van der Waals surface area contributed by atoms with Crippen molar-refractivity contribution in [3.8, 4) is 0 Å². The van der Waals surface area contributed by atoms with E-state index in [2.05, 4.69) is 75.9 Å². The lowest BCUT2D eigenvalue weighted by molar-refractivity contribution is -0.134. The number of amides is 1. The van der Waals surface area contributed by atoms with Crippen molar-refractivity contribution in [3.05, 3.63) is 66.0 Å². The Morgan fingerprint density at radius 3 is 2.33 bits per heavy atom. The molecule has 5 atom stereocenters. The fraction of sp³-hybridized carbons (Fsp3) is 0.562. The molecule has 1 unspecified atom stereocenters. The Labute approximate surface area is 234 Å². The molecule has 6 nitrogen and oxygen atoms in total. The third-order valence-corrected chi connectivity index (χ3v) is 11.5. The normalized spacial score (nSPS) is 33.2. The summed E-state index contributed by atoms with van der Waals surface area (Å²) in [7, 11) is -0.736. The van der Waals surface area contributed by atoms with E-state index in [1.807, 2.05) is 0 Å². The molecule has 7 rings (SSSR count). The van der Waals surface area contributed by atoms with E-state index in [-0.39, 0.29) is 5.92 Å². The molecule has 0 spiro atoms. The molecule has 2 bridgehead atoms. The van der Waals surface area contributed by atoms with E-state index in [0.29, 0.717) is 47.4 Å². The van der Waals surface area contributed by atoms with Gasteiger partial charge in [0.15, 0.2) is 0 Å². The van der Waals surface area contributed by atoms with Gasteiger partial charge in [0.2, 0.25) is 5.91 Å². The summed E-state index contributed by atoms with van der Waals surface area (Å²) in [5.74, 6) is 3.68. The summed E-state index contributed by atoms with van der Waals surface area (Å²) < 4.78 is 14.4. The third kappa shape index (κ3) is 4.76. The van der Waals surface area contributed by atoms with Crippen molar-refractivity contribution in [1.29, 1.82) is 0 Å². The van der Waals surface area contributed by atoms with Gasteiger partial charge in [0.05, 0.1) is 11.0 Å². The van der Waals surface area contributed by atoms with Gasteiger partial charge in [-0.15, -0.1) is 0 Å². The number of likely N-dealkylation sites (tertiary alicyclic amines) is 1. The molecule has 0 N–H and O–H groups in total. The lowest BCUT2D eigenvalue weighted by Gasteiger charge is -2.41. The van der Waals surface area contributed by atoms with Gasteiger partial charge in [-0.1, -0.05) is 42.5 Å². The second kappa shape index (κ2) is 10.5. The molecule has 3 aromatic rings. The Balaban J connectivity index is 1.09. The number of hydrogen-bond donors (Lipinski definition) is 0. The summed E-state index contributed by atoms with van der Waals surface area (Å²) in [5.41, 5.74) is 3.74. The van der Waals surface area contributed by atoms with Gasteiger partial charge in [0.25, 0.3) is 0 Å². The van der Waals surface area contributed by atoms with Crippen LogP contribution in [0.25, 0.3) is 11.0 Å². The molecule has 4 fully saturated rings. The molecular weight excluding hydrogens is 504 g/mol. The first-order valence-electron chi connectivity index (χ1n) is 14.9. The highest BCUT2D eigenvalue weighted by Crippen LogP contribution is 2.44. The molecule has 4 saturated heterocycles. The Bertz CT molecular complexity index is 1350. The van der Waals surface area contributed by atoms with Crippen LogP contribution in [0.4, 0.5) is 0 Å². The van der Waals surface area contributed by atoms with E-state index in [0.717, 1.165) is 43.8 Å². The largest absolute Gasteiger partial charge is 0.341 e. The van der Waals surface area contributed by atoms with Gasteiger partial charge in [-0.05, 0) is 69.1 Å². The molecule has 4 aliphatic heterocycles. The number of nitrogens with zero attached hydrogens (tertiary/aromatic N) is 4. The molecule has 4 aliphatic rings. The van der Waals surface area contributed by atoms with Crippen molar-refractivity contribution in [1.82, 2.24) is 19.4 Å². The predicted octanol–water partition coefficient (Wildman–Crippen LogP) is 4.91. The predicted molar refractivity (Wildman–Crippen MR) is 156 cm³/mol. The summed E-state index contributed by atoms with van der Waals surface area (Å²) in [6, 6.07) is 21.2. The topological polar surface area (TPSA) is 58.4 Å². The minimum Gasteiger partial charge on any atom is -0.341 e. The van der Waals surface area contributed by atoms with E-state index in [4.69, 9.17) is 4.98 Å². The maximum Gasteiger partial charge on any atom is 0.225 e. The Kier molecular flexibility index (Phi) is 6.84. The minimum absolute atomic E-state index is 0.0537. The zero-order valence-corrected chi connectivity index (χ0v) is 23.8. The first-order valence-corrected chi connectivity index (χ1v) is 16.4. The number of carbonyl (C=O) groups is 1. The van der Waals surface area contributed by atoms with Gasteiger partial charge in [0, 0.05) is 71.9 Å². The minimum atomic E-state index is -0.736. The number of aryl methyl sites for hydroxylation is 1. The number of carbonyl (C=O) groups excluding carboxylic acids is 1. The smallest absolute Gasteiger partial charge is 0.225 e. The highest BCUT2D eigenvalue weighted by Gasteiger charge is 2.46. The number of piperidine rings is 1. The quantitative estimate of drug-likeness (QED) is 0.458. The standard InChI is InChI=1S/C32H40N4O2S/c1-22-33-30-9-5-6-10-31(30)36(22)28-17-26-11-12-27(18-28)35(26)20-25-19-34(21-29(25)23-7-3-2-4-8-23)32(37)24-13-15-39(38)16-14-24/h2-10,24-29H,11-21H2,1H3/t24?,25-,26-,27+,28?,29-,39?/m1/s1. The SMILES string of the molecule is Cc1nc2ccccc2n1C1C[C@H]2CC[C@@H](C1)N2C[C@H]1CN(C(=O)C2CCS(=O)CC2)C[C@@H]1c1ccccc1. The van der Waals surface area contributed by atoms with Gasteiger partial charge in [-0.3, -0.25) is 13.9 Å². The van der Waals surface area contributed by atoms with Crippen LogP contribution in [0, 0.1) is 18.8 Å². The van der Waals surface area contributed by atoms with Crippen LogP contribution in [0.5, 0.6) is 0 Å². The van der Waals surface area contributed by atoms with Crippen LogP contribution in [0.2, 0.25) is 0 Å². The molecule has 5 heterocycles. The summed E-state index contributed by atoms with van der Waals surface area (Å²) in [6.07, 6.45) is 6.48. The van der Waals surface area contributed by atoms with Crippen molar-refractivity contribution >= 4 is 27.7 Å². The maximum atomic E-state index is 13.6. The van der Waals surface area contributed by atoms with Crippen LogP contribution < -0.4 is 0 Å². The summed E-state index contributed by atoms with van der Waals surface area (Å²) >= 11 is 0. The molecule has 2 aromatic carbocycles. The molecule has 0 saturated carbocycles. The van der Waals surface area contributed by atoms with Crippen molar-refractivity contribution in [2.45, 2.75) is 69.5 Å². The van der Waals surface area contributed by atoms with Gasteiger partial charge >= 0.3 is 0 Å². The van der Waals surface area contributed by atoms with E-state index in [9.17, 15) is 9.00 Å². The second-order valence-electron chi connectivity index (χ2n) is 12.4. The lowest BCUT2D eigenvalue weighted by Crippen LogP contribution is -2.46. The van der Waals surface area contributed by atoms with Crippen molar-refractivity contribution < 1.29 is 9.00 Å². The Morgan fingerprint density at radius 1 is 0.897 bits per heavy atom. The lowest BCUT2D eigenvalue weighted by atomic mass is 9.87. The number of fused-ring (bicyclic) bond motifs is 3. The summed E-state index contributed by atoms with van der Waals surface area (Å²) in [5, 5.41) is 0. The maximum absolute atomic E-state index is 13.6. The van der Waals surface area contributed by atoms with Crippen LogP contribution >= 0.6 is 0 Å². The molecule has 1 amide bonds.